The lowest BCUT2D eigenvalue weighted by molar-refractivity contribution is 0.0465. The van der Waals surface area contributed by atoms with Gasteiger partial charge < -0.3 is 10.0 Å². The molecule has 1 fully saturated rings. The SMILES string of the molecule is Cc1ccc(C(=O)N2CCC(C(O)c3ccccc3)CC2)s1. The molecule has 1 atom stereocenters. The molecule has 1 saturated heterocycles. The van der Waals surface area contributed by atoms with Crippen molar-refractivity contribution in [3.8, 4) is 0 Å². The van der Waals surface area contributed by atoms with E-state index in [0.717, 1.165) is 41.2 Å². The van der Waals surface area contributed by atoms with Crippen LogP contribution in [-0.4, -0.2) is 29.0 Å². The summed E-state index contributed by atoms with van der Waals surface area (Å²) in [4.78, 5) is 16.3. The highest BCUT2D eigenvalue weighted by molar-refractivity contribution is 7.13. The molecule has 2 aromatic rings. The number of aliphatic hydroxyl groups is 1. The molecule has 3 rings (SSSR count). The lowest BCUT2D eigenvalue weighted by Gasteiger charge is -2.34. The van der Waals surface area contributed by atoms with Gasteiger partial charge in [-0.2, -0.15) is 0 Å². The molecule has 0 saturated carbocycles. The summed E-state index contributed by atoms with van der Waals surface area (Å²) < 4.78 is 0. The maximum absolute atomic E-state index is 12.4. The van der Waals surface area contributed by atoms with Crippen LogP contribution in [0.1, 0.15) is 39.1 Å². The van der Waals surface area contributed by atoms with E-state index >= 15 is 0 Å². The average Bonchev–Trinajstić information content (AvgIpc) is 3.01. The van der Waals surface area contributed by atoms with Gasteiger partial charge in [0.25, 0.3) is 5.91 Å². The number of aliphatic hydroxyl groups excluding tert-OH is 1. The van der Waals surface area contributed by atoms with E-state index in [1.165, 1.54) is 0 Å². The highest BCUT2D eigenvalue weighted by Crippen LogP contribution is 2.31. The largest absolute Gasteiger partial charge is 0.388 e. The van der Waals surface area contributed by atoms with Gasteiger partial charge in [0.2, 0.25) is 0 Å². The van der Waals surface area contributed by atoms with E-state index in [0.29, 0.717) is 0 Å². The minimum atomic E-state index is -0.428. The Morgan fingerprint density at radius 2 is 1.86 bits per heavy atom. The molecule has 22 heavy (non-hydrogen) atoms. The first-order chi connectivity index (χ1) is 10.6. The third kappa shape index (κ3) is 3.23. The summed E-state index contributed by atoms with van der Waals surface area (Å²) in [5.41, 5.74) is 0.973. The normalized spacial score (nSPS) is 17.5. The van der Waals surface area contributed by atoms with Gasteiger partial charge in [0.15, 0.2) is 0 Å². The number of piperidine rings is 1. The fourth-order valence-electron chi connectivity index (χ4n) is 3.05. The Bertz CT molecular complexity index is 630. The van der Waals surface area contributed by atoms with E-state index in [9.17, 15) is 9.90 Å². The minimum Gasteiger partial charge on any atom is -0.388 e. The van der Waals surface area contributed by atoms with Crippen molar-refractivity contribution in [3.05, 3.63) is 57.8 Å². The van der Waals surface area contributed by atoms with Crippen molar-refractivity contribution in [1.82, 2.24) is 4.90 Å². The molecule has 0 aliphatic carbocycles. The number of hydrogen-bond acceptors (Lipinski definition) is 3. The number of carbonyl (C=O) groups is 1. The van der Waals surface area contributed by atoms with Crippen molar-refractivity contribution < 1.29 is 9.90 Å². The number of likely N-dealkylation sites (tertiary alicyclic amines) is 1. The van der Waals surface area contributed by atoms with Crippen LogP contribution in [0.3, 0.4) is 0 Å². The molecule has 1 aliphatic rings. The summed E-state index contributed by atoms with van der Waals surface area (Å²) in [7, 11) is 0. The predicted octanol–water partition coefficient (Wildman–Crippen LogP) is 3.64. The van der Waals surface area contributed by atoms with E-state index < -0.39 is 6.10 Å². The third-order valence-electron chi connectivity index (χ3n) is 4.37. The number of amides is 1. The number of thiophene rings is 1. The summed E-state index contributed by atoms with van der Waals surface area (Å²) in [5.74, 6) is 0.363. The van der Waals surface area contributed by atoms with Crippen molar-refractivity contribution in [2.45, 2.75) is 25.9 Å². The van der Waals surface area contributed by atoms with E-state index in [1.807, 2.05) is 54.3 Å². The number of benzene rings is 1. The molecule has 1 amide bonds. The second kappa shape index (κ2) is 6.63. The van der Waals surface area contributed by atoms with Gasteiger partial charge in [0, 0.05) is 18.0 Å². The van der Waals surface area contributed by atoms with Crippen molar-refractivity contribution in [2.24, 2.45) is 5.92 Å². The summed E-state index contributed by atoms with van der Waals surface area (Å²) >= 11 is 1.55. The summed E-state index contributed by atoms with van der Waals surface area (Å²) in [6.45, 7) is 3.47. The van der Waals surface area contributed by atoms with Gasteiger partial charge in [0.1, 0.15) is 0 Å². The van der Waals surface area contributed by atoms with Crippen LogP contribution in [0.5, 0.6) is 0 Å². The van der Waals surface area contributed by atoms with Crippen molar-refractivity contribution in [2.75, 3.05) is 13.1 Å². The molecular weight excluding hydrogens is 294 g/mol. The summed E-state index contributed by atoms with van der Waals surface area (Å²) in [6, 6.07) is 13.7. The van der Waals surface area contributed by atoms with E-state index in [-0.39, 0.29) is 11.8 Å². The first-order valence-electron chi connectivity index (χ1n) is 7.74. The molecule has 0 bridgehead atoms. The summed E-state index contributed by atoms with van der Waals surface area (Å²) in [5, 5.41) is 10.5. The van der Waals surface area contributed by atoms with Crippen molar-refractivity contribution in [3.63, 3.8) is 0 Å². The highest BCUT2D eigenvalue weighted by Gasteiger charge is 2.28. The van der Waals surface area contributed by atoms with Gasteiger partial charge in [-0.15, -0.1) is 11.3 Å². The second-order valence-corrected chi connectivity index (χ2v) is 7.18. The Labute approximate surface area is 135 Å². The molecule has 1 unspecified atom stereocenters. The van der Waals surface area contributed by atoms with Crippen LogP contribution in [0, 0.1) is 12.8 Å². The number of nitrogens with zero attached hydrogens (tertiary/aromatic N) is 1. The molecule has 116 valence electrons. The lowest BCUT2D eigenvalue weighted by atomic mass is 9.87. The average molecular weight is 315 g/mol. The second-order valence-electron chi connectivity index (χ2n) is 5.90. The van der Waals surface area contributed by atoms with Crippen LogP contribution < -0.4 is 0 Å². The Morgan fingerprint density at radius 1 is 1.18 bits per heavy atom. The number of rotatable bonds is 3. The topological polar surface area (TPSA) is 40.5 Å². The number of aryl methyl sites for hydroxylation is 1. The molecule has 1 aromatic carbocycles. The molecular formula is C18H21NO2S. The Hall–Kier alpha value is -1.65. The van der Waals surface area contributed by atoms with Crippen LogP contribution in [0.2, 0.25) is 0 Å². The molecule has 1 N–H and O–H groups in total. The molecule has 0 radical (unpaired) electrons. The van der Waals surface area contributed by atoms with Gasteiger partial charge in [-0.05, 0) is 43.4 Å². The van der Waals surface area contributed by atoms with E-state index in [2.05, 4.69) is 0 Å². The van der Waals surface area contributed by atoms with Crippen LogP contribution in [0.15, 0.2) is 42.5 Å². The molecule has 2 heterocycles. The van der Waals surface area contributed by atoms with Gasteiger partial charge >= 0.3 is 0 Å². The molecule has 0 spiro atoms. The fraction of sp³-hybridized carbons (Fsp3) is 0.389. The van der Waals surface area contributed by atoms with Crippen LogP contribution >= 0.6 is 11.3 Å². The van der Waals surface area contributed by atoms with Gasteiger partial charge in [-0.3, -0.25) is 4.79 Å². The van der Waals surface area contributed by atoms with Gasteiger partial charge in [-0.25, -0.2) is 0 Å². The van der Waals surface area contributed by atoms with Crippen molar-refractivity contribution >= 4 is 17.2 Å². The van der Waals surface area contributed by atoms with Crippen LogP contribution in [-0.2, 0) is 0 Å². The summed E-state index contributed by atoms with van der Waals surface area (Å²) in [6.07, 6.45) is 1.28. The van der Waals surface area contributed by atoms with Gasteiger partial charge in [-0.1, -0.05) is 30.3 Å². The Balaban J connectivity index is 1.59. The predicted molar refractivity (Wildman–Crippen MR) is 89.1 cm³/mol. The zero-order valence-electron chi connectivity index (χ0n) is 12.7. The Kier molecular flexibility index (Phi) is 4.60. The maximum atomic E-state index is 12.4. The lowest BCUT2D eigenvalue weighted by Crippen LogP contribution is -2.39. The molecule has 3 nitrogen and oxygen atoms in total. The fourth-order valence-corrected chi connectivity index (χ4v) is 3.88. The zero-order chi connectivity index (χ0) is 15.5. The standard InChI is InChI=1S/C18H21NO2S/c1-13-7-8-16(22-13)18(21)19-11-9-15(10-12-19)17(20)14-5-3-2-4-6-14/h2-8,15,17,20H,9-12H2,1H3. The van der Waals surface area contributed by atoms with E-state index in [1.54, 1.807) is 11.3 Å². The highest BCUT2D eigenvalue weighted by atomic mass is 32.1. The zero-order valence-corrected chi connectivity index (χ0v) is 13.6. The Morgan fingerprint density at radius 3 is 2.45 bits per heavy atom. The number of hydrogen-bond donors (Lipinski definition) is 1. The smallest absolute Gasteiger partial charge is 0.263 e. The molecule has 4 heteroatoms. The monoisotopic (exact) mass is 315 g/mol. The van der Waals surface area contributed by atoms with Gasteiger partial charge in [0.05, 0.1) is 11.0 Å². The van der Waals surface area contributed by atoms with Crippen LogP contribution in [0.25, 0.3) is 0 Å². The first-order valence-corrected chi connectivity index (χ1v) is 8.55. The molecule has 1 aromatic heterocycles. The van der Waals surface area contributed by atoms with Crippen molar-refractivity contribution in [1.29, 1.82) is 0 Å². The first kappa shape index (κ1) is 15.3. The third-order valence-corrected chi connectivity index (χ3v) is 5.35. The van der Waals surface area contributed by atoms with Crippen LogP contribution in [0.4, 0.5) is 0 Å². The maximum Gasteiger partial charge on any atom is 0.263 e. The molecule has 1 aliphatic heterocycles. The minimum absolute atomic E-state index is 0.130. The van der Waals surface area contributed by atoms with E-state index in [4.69, 9.17) is 0 Å². The number of carbonyl (C=O) groups excluding carboxylic acids is 1. The quantitative estimate of drug-likeness (QED) is 0.939.